The van der Waals surface area contributed by atoms with Crippen molar-refractivity contribution in [2.24, 2.45) is 0 Å². The van der Waals surface area contributed by atoms with E-state index < -0.39 is 19.1 Å². The second kappa shape index (κ2) is 4.93. The fourth-order valence-corrected chi connectivity index (χ4v) is 1.66. The summed E-state index contributed by atoms with van der Waals surface area (Å²) in [6.07, 6.45) is 1.77. The lowest BCUT2D eigenvalue weighted by Gasteiger charge is -2.22. The van der Waals surface area contributed by atoms with Crippen LogP contribution in [0.15, 0.2) is 0 Å². The van der Waals surface area contributed by atoms with Gasteiger partial charge in [-0.05, 0) is 6.26 Å². The van der Waals surface area contributed by atoms with Gasteiger partial charge in [-0.25, -0.2) is 8.78 Å². The van der Waals surface area contributed by atoms with Gasteiger partial charge in [0, 0.05) is 6.54 Å². The molecule has 0 aliphatic carbocycles. The van der Waals surface area contributed by atoms with Crippen LogP contribution in [-0.4, -0.2) is 55.0 Å². The molecule has 0 bridgehead atoms. The maximum Gasteiger partial charge on any atom is 0.288 e. The Labute approximate surface area is 85.8 Å². The van der Waals surface area contributed by atoms with Crippen LogP contribution < -0.4 is 0 Å². The minimum absolute atomic E-state index is 0.190. The summed E-state index contributed by atoms with van der Waals surface area (Å²) >= 11 is 1.33. The molecule has 0 aromatic heterocycles. The number of hydrogen-bond donors (Lipinski definition) is 0. The van der Waals surface area contributed by atoms with Crippen LogP contribution in [-0.2, 0) is 9.53 Å². The van der Waals surface area contributed by atoms with E-state index in [9.17, 15) is 13.6 Å². The number of thioether (sulfide) groups is 1. The van der Waals surface area contributed by atoms with E-state index in [0.717, 1.165) is 0 Å². The molecule has 6 heteroatoms. The van der Waals surface area contributed by atoms with Gasteiger partial charge in [0.25, 0.3) is 5.92 Å². The number of halogens is 2. The first kappa shape index (κ1) is 11.7. The Balaban J connectivity index is 2.55. The summed E-state index contributed by atoms with van der Waals surface area (Å²) in [7, 11) is 0. The molecule has 0 unspecified atom stereocenters. The highest BCUT2D eigenvalue weighted by molar-refractivity contribution is 7.99. The van der Waals surface area contributed by atoms with E-state index in [1.807, 2.05) is 0 Å². The summed E-state index contributed by atoms with van der Waals surface area (Å²) in [6, 6.07) is 0. The summed E-state index contributed by atoms with van der Waals surface area (Å²) in [4.78, 5) is 12.5. The first-order valence-electron chi connectivity index (χ1n) is 4.27. The molecule has 1 fully saturated rings. The van der Waals surface area contributed by atoms with Crippen LogP contribution >= 0.6 is 11.8 Å². The van der Waals surface area contributed by atoms with Gasteiger partial charge < -0.3 is 9.64 Å². The molecule has 1 heterocycles. The van der Waals surface area contributed by atoms with Crippen molar-refractivity contribution in [1.29, 1.82) is 0 Å². The van der Waals surface area contributed by atoms with Crippen LogP contribution in [0.4, 0.5) is 8.78 Å². The molecule has 3 nitrogen and oxygen atoms in total. The molecule has 0 aromatic carbocycles. The van der Waals surface area contributed by atoms with Crippen LogP contribution in [0.1, 0.15) is 0 Å². The van der Waals surface area contributed by atoms with Crippen LogP contribution in [0.3, 0.4) is 0 Å². The molecule has 1 amide bonds. The van der Waals surface area contributed by atoms with Crippen molar-refractivity contribution in [3.8, 4) is 0 Å². The van der Waals surface area contributed by atoms with Gasteiger partial charge in [0.1, 0.15) is 6.61 Å². The van der Waals surface area contributed by atoms with Crippen molar-refractivity contribution in [3.63, 3.8) is 0 Å². The molecule has 0 atom stereocenters. The van der Waals surface area contributed by atoms with Crippen LogP contribution in [0.5, 0.6) is 0 Å². The minimum atomic E-state index is -2.91. The van der Waals surface area contributed by atoms with Crippen molar-refractivity contribution in [2.45, 2.75) is 5.92 Å². The number of nitrogens with zero attached hydrogens (tertiary/aromatic N) is 1. The lowest BCUT2D eigenvalue weighted by molar-refractivity contribution is -0.133. The summed E-state index contributed by atoms with van der Waals surface area (Å²) in [5.41, 5.74) is 0. The molecule has 0 N–H and O–H groups in total. The Morgan fingerprint density at radius 2 is 2.36 bits per heavy atom. The van der Waals surface area contributed by atoms with Gasteiger partial charge in [-0.2, -0.15) is 11.8 Å². The molecule has 0 saturated carbocycles. The summed E-state index contributed by atoms with van der Waals surface area (Å²) in [5, 5.41) is 0. The number of carbonyl (C=O) groups is 1. The highest BCUT2D eigenvalue weighted by Crippen LogP contribution is 2.18. The van der Waals surface area contributed by atoms with E-state index in [2.05, 4.69) is 0 Å². The maximum atomic E-state index is 13.0. The standard InChI is InChI=1S/C8H13F2NO2S/c1-14-4-7(12)11-2-3-13-6-8(9,10)5-11/h2-6H2,1H3. The quantitative estimate of drug-likeness (QED) is 0.697. The van der Waals surface area contributed by atoms with Gasteiger partial charge in [0.2, 0.25) is 5.91 Å². The third-order valence-electron chi connectivity index (χ3n) is 1.86. The maximum absolute atomic E-state index is 13.0. The molecule has 82 valence electrons. The van der Waals surface area contributed by atoms with Crippen LogP contribution in [0, 0.1) is 0 Å². The number of hydrogen-bond acceptors (Lipinski definition) is 3. The highest BCUT2D eigenvalue weighted by Gasteiger charge is 2.35. The monoisotopic (exact) mass is 225 g/mol. The third kappa shape index (κ3) is 3.42. The van der Waals surface area contributed by atoms with Crippen LogP contribution in [0.25, 0.3) is 0 Å². The Hall–Kier alpha value is -0.360. The minimum Gasteiger partial charge on any atom is -0.373 e. The average molecular weight is 225 g/mol. The summed E-state index contributed by atoms with van der Waals surface area (Å²) < 4.78 is 30.7. The number of carbonyl (C=O) groups excluding carboxylic acids is 1. The van der Waals surface area contributed by atoms with Crippen molar-refractivity contribution >= 4 is 17.7 Å². The van der Waals surface area contributed by atoms with E-state index in [-0.39, 0.29) is 24.8 Å². The zero-order valence-corrected chi connectivity index (χ0v) is 8.78. The van der Waals surface area contributed by atoms with Gasteiger partial charge in [-0.3, -0.25) is 4.79 Å². The summed E-state index contributed by atoms with van der Waals surface area (Å²) in [6.45, 7) is -0.660. The molecular formula is C8H13F2NO2S. The normalized spacial score (nSPS) is 21.8. The smallest absolute Gasteiger partial charge is 0.288 e. The summed E-state index contributed by atoms with van der Waals surface area (Å²) in [5.74, 6) is -2.91. The van der Waals surface area contributed by atoms with Crippen LogP contribution in [0.2, 0.25) is 0 Å². The van der Waals surface area contributed by atoms with Crippen molar-refractivity contribution in [2.75, 3.05) is 38.3 Å². The number of ether oxygens (including phenoxy) is 1. The Morgan fingerprint density at radius 1 is 1.64 bits per heavy atom. The SMILES string of the molecule is CSCC(=O)N1CCOCC(F)(F)C1. The average Bonchev–Trinajstić information content (AvgIpc) is 2.27. The van der Waals surface area contributed by atoms with E-state index in [0.29, 0.717) is 0 Å². The first-order valence-corrected chi connectivity index (χ1v) is 5.67. The molecule has 1 rings (SSSR count). The molecule has 1 aliphatic rings. The molecule has 0 radical (unpaired) electrons. The van der Waals surface area contributed by atoms with E-state index >= 15 is 0 Å². The van der Waals surface area contributed by atoms with E-state index in [1.54, 1.807) is 6.26 Å². The first-order chi connectivity index (χ1) is 6.55. The lowest BCUT2D eigenvalue weighted by Crippen LogP contribution is -2.41. The Morgan fingerprint density at radius 3 is 3.00 bits per heavy atom. The lowest BCUT2D eigenvalue weighted by atomic mass is 10.3. The van der Waals surface area contributed by atoms with E-state index in [1.165, 1.54) is 16.7 Å². The van der Waals surface area contributed by atoms with E-state index in [4.69, 9.17) is 4.74 Å². The van der Waals surface area contributed by atoms with Crippen molar-refractivity contribution in [3.05, 3.63) is 0 Å². The zero-order valence-electron chi connectivity index (χ0n) is 7.96. The highest BCUT2D eigenvalue weighted by atomic mass is 32.2. The zero-order chi connectivity index (χ0) is 10.6. The van der Waals surface area contributed by atoms with Gasteiger partial charge >= 0.3 is 0 Å². The molecule has 0 aromatic rings. The number of amides is 1. The third-order valence-corrected chi connectivity index (χ3v) is 2.40. The number of rotatable bonds is 2. The molecule has 0 spiro atoms. The largest absolute Gasteiger partial charge is 0.373 e. The second-order valence-electron chi connectivity index (χ2n) is 3.16. The molecule has 1 aliphatic heterocycles. The van der Waals surface area contributed by atoms with Crippen molar-refractivity contribution in [1.82, 2.24) is 4.90 Å². The number of alkyl halides is 2. The fourth-order valence-electron chi connectivity index (χ4n) is 1.23. The molecule has 14 heavy (non-hydrogen) atoms. The predicted molar refractivity (Wildman–Crippen MR) is 50.7 cm³/mol. The van der Waals surface area contributed by atoms with Crippen molar-refractivity contribution < 1.29 is 18.3 Å². The molecular weight excluding hydrogens is 212 g/mol. The predicted octanol–water partition coefficient (Wildman–Crippen LogP) is 0.843. The van der Waals surface area contributed by atoms with Gasteiger partial charge in [-0.15, -0.1) is 0 Å². The topological polar surface area (TPSA) is 29.5 Å². The fraction of sp³-hybridized carbons (Fsp3) is 0.875. The molecule has 1 saturated heterocycles. The van der Waals surface area contributed by atoms with Gasteiger partial charge in [0.15, 0.2) is 0 Å². The second-order valence-corrected chi connectivity index (χ2v) is 4.02. The van der Waals surface area contributed by atoms with Gasteiger partial charge in [0.05, 0.1) is 18.9 Å². The Bertz CT molecular complexity index is 214. The Kier molecular flexibility index (Phi) is 4.12. The van der Waals surface area contributed by atoms with Gasteiger partial charge in [-0.1, -0.05) is 0 Å².